The Bertz CT molecular complexity index is 891. The van der Waals surface area contributed by atoms with E-state index in [1.54, 1.807) is 16.0 Å². The molecular formula is C19H19N3OS. The van der Waals surface area contributed by atoms with Gasteiger partial charge in [0.15, 0.2) is 0 Å². The van der Waals surface area contributed by atoms with E-state index in [2.05, 4.69) is 31.3 Å². The molecule has 0 bridgehead atoms. The first-order valence-corrected chi connectivity index (χ1v) is 9.02. The Morgan fingerprint density at radius 1 is 1.25 bits per heavy atom. The average molecular weight is 337 g/mol. The van der Waals surface area contributed by atoms with Crippen molar-refractivity contribution in [3.8, 4) is 16.3 Å². The van der Waals surface area contributed by atoms with Crippen LogP contribution in [0.3, 0.4) is 0 Å². The lowest BCUT2D eigenvalue weighted by atomic mass is 10.1. The third-order valence-electron chi connectivity index (χ3n) is 4.21. The van der Waals surface area contributed by atoms with Crippen LogP contribution < -0.4 is 5.32 Å². The van der Waals surface area contributed by atoms with Crippen LogP contribution in [0.2, 0.25) is 0 Å². The van der Waals surface area contributed by atoms with E-state index in [0.29, 0.717) is 11.7 Å². The van der Waals surface area contributed by atoms with Crippen LogP contribution in [-0.4, -0.2) is 21.7 Å². The van der Waals surface area contributed by atoms with Crippen LogP contribution in [0.4, 0.5) is 0 Å². The molecule has 4 nitrogen and oxygen atoms in total. The summed E-state index contributed by atoms with van der Waals surface area (Å²) in [5.74, 6) is -0.0484. The molecule has 1 N–H and O–H groups in total. The molecular weight excluding hydrogens is 318 g/mol. The highest BCUT2D eigenvalue weighted by molar-refractivity contribution is 7.13. The molecule has 2 heterocycles. The van der Waals surface area contributed by atoms with Crippen LogP contribution in [0.5, 0.6) is 0 Å². The number of aromatic nitrogens is 2. The predicted octanol–water partition coefficient (Wildman–Crippen LogP) is 4.11. The summed E-state index contributed by atoms with van der Waals surface area (Å²) in [5.41, 5.74) is 4.69. The Morgan fingerprint density at radius 2 is 2.08 bits per heavy atom. The summed E-state index contributed by atoms with van der Waals surface area (Å²) < 4.78 is 1.78. The first kappa shape index (κ1) is 15.1. The quantitative estimate of drug-likeness (QED) is 0.779. The van der Waals surface area contributed by atoms with E-state index in [1.165, 1.54) is 5.56 Å². The van der Waals surface area contributed by atoms with Gasteiger partial charge in [-0.1, -0.05) is 23.8 Å². The lowest BCUT2D eigenvalue weighted by Crippen LogP contribution is -2.27. The van der Waals surface area contributed by atoms with E-state index >= 15 is 0 Å². The number of benzene rings is 1. The number of carbonyl (C=O) groups is 1. The molecule has 0 aliphatic heterocycles. The van der Waals surface area contributed by atoms with Crippen molar-refractivity contribution in [1.82, 2.24) is 15.1 Å². The Hall–Kier alpha value is -2.40. The molecule has 0 spiro atoms. The van der Waals surface area contributed by atoms with Crippen LogP contribution in [-0.2, 0) is 0 Å². The van der Waals surface area contributed by atoms with Crippen LogP contribution in [0.25, 0.3) is 16.3 Å². The molecule has 1 amide bonds. The molecule has 1 fully saturated rings. The zero-order valence-electron chi connectivity index (χ0n) is 13.7. The summed E-state index contributed by atoms with van der Waals surface area (Å²) in [5, 5.41) is 9.83. The van der Waals surface area contributed by atoms with Crippen molar-refractivity contribution in [3.63, 3.8) is 0 Å². The van der Waals surface area contributed by atoms with E-state index in [0.717, 1.165) is 34.7 Å². The van der Waals surface area contributed by atoms with Gasteiger partial charge in [0.05, 0.1) is 10.6 Å². The van der Waals surface area contributed by atoms with Crippen molar-refractivity contribution < 1.29 is 4.79 Å². The van der Waals surface area contributed by atoms with Crippen molar-refractivity contribution in [2.75, 3.05) is 0 Å². The second kappa shape index (κ2) is 5.91. The molecule has 1 aromatic carbocycles. The second-order valence-electron chi connectivity index (χ2n) is 6.34. The minimum atomic E-state index is -0.0484. The minimum Gasteiger partial charge on any atom is -0.348 e. The standard InChI is InChI=1S/C19H19N3OS/c1-12-5-8-16(13(2)10-12)22-17(19(23)20-14-6-7-14)11-15(21-22)18-4-3-9-24-18/h3-5,8-11,14H,6-7H2,1-2H3,(H,20,23). The third kappa shape index (κ3) is 2.87. The van der Waals surface area contributed by atoms with Gasteiger partial charge in [0.2, 0.25) is 0 Å². The first-order valence-electron chi connectivity index (χ1n) is 8.14. The maximum absolute atomic E-state index is 12.7. The van der Waals surface area contributed by atoms with Gasteiger partial charge in [0.25, 0.3) is 5.91 Å². The number of rotatable bonds is 4. The summed E-state index contributed by atoms with van der Waals surface area (Å²) in [6.45, 7) is 4.12. The van der Waals surface area contributed by atoms with Gasteiger partial charge >= 0.3 is 0 Å². The fourth-order valence-corrected chi connectivity index (χ4v) is 3.48. The zero-order valence-corrected chi connectivity index (χ0v) is 14.6. The summed E-state index contributed by atoms with van der Waals surface area (Å²) in [7, 11) is 0. The number of nitrogens with zero attached hydrogens (tertiary/aromatic N) is 2. The number of amides is 1. The van der Waals surface area contributed by atoms with Crippen molar-refractivity contribution in [3.05, 3.63) is 58.6 Å². The molecule has 0 unspecified atom stereocenters. The largest absolute Gasteiger partial charge is 0.348 e. The number of nitrogens with one attached hydrogen (secondary N) is 1. The molecule has 2 aromatic heterocycles. The highest BCUT2D eigenvalue weighted by Crippen LogP contribution is 2.27. The zero-order chi connectivity index (χ0) is 16.7. The monoisotopic (exact) mass is 337 g/mol. The normalized spacial score (nSPS) is 13.9. The SMILES string of the molecule is Cc1ccc(-n2nc(-c3cccs3)cc2C(=O)NC2CC2)c(C)c1. The number of hydrogen-bond donors (Lipinski definition) is 1. The van der Waals surface area contributed by atoms with E-state index in [9.17, 15) is 4.79 Å². The van der Waals surface area contributed by atoms with Crippen molar-refractivity contribution >= 4 is 17.2 Å². The molecule has 3 aromatic rings. The number of hydrogen-bond acceptors (Lipinski definition) is 3. The number of carbonyl (C=O) groups excluding carboxylic acids is 1. The molecule has 24 heavy (non-hydrogen) atoms. The summed E-state index contributed by atoms with van der Waals surface area (Å²) >= 11 is 1.63. The molecule has 0 radical (unpaired) electrons. The average Bonchev–Trinajstić information content (AvgIpc) is 3.03. The van der Waals surface area contributed by atoms with Crippen molar-refractivity contribution in [2.45, 2.75) is 32.7 Å². The number of aryl methyl sites for hydroxylation is 2. The van der Waals surface area contributed by atoms with E-state index < -0.39 is 0 Å². The van der Waals surface area contributed by atoms with Gasteiger partial charge in [-0.15, -0.1) is 11.3 Å². The van der Waals surface area contributed by atoms with Gasteiger partial charge in [0.1, 0.15) is 11.4 Å². The summed E-state index contributed by atoms with van der Waals surface area (Å²) in [6.07, 6.45) is 2.14. The Morgan fingerprint density at radius 3 is 2.75 bits per heavy atom. The fraction of sp³-hybridized carbons (Fsp3) is 0.263. The molecule has 5 heteroatoms. The van der Waals surface area contributed by atoms with E-state index in [1.807, 2.05) is 29.6 Å². The maximum Gasteiger partial charge on any atom is 0.270 e. The lowest BCUT2D eigenvalue weighted by Gasteiger charge is -2.11. The smallest absolute Gasteiger partial charge is 0.270 e. The molecule has 1 aliphatic rings. The molecule has 0 atom stereocenters. The van der Waals surface area contributed by atoms with Gasteiger partial charge in [-0.05, 0) is 55.8 Å². The Balaban J connectivity index is 1.82. The highest BCUT2D eigenvalue weighted by atomic mass is 32.1. The lowest BCUT2D eigenvalue weighted by molar-refractivity contribution is 0.0943. The molecule has 122 valence electrons. The fourth-order valence-electron chi connectivity index (χ4n) is 2.80. The van der Waals surface area contributed by atoms with Crippen molar-refractivity contribution in [2.24, 2.45) is 0 Å². The van der Waals surface area contributed by atoms with Crippen molar-refractivity contribution in [1.29, 1.82) is 0 Å². The van der Waals surface area contributed by atoms with E-state index in [-0.39, 0.29) is 5.91 Å². The van der Waals surface area contributed by atoms with Crippen LogP contribution >= 0.6 is 11.3 Å². The molecule has 1 saturated carbocycles. The van der Waals surface area contributed by atoms with Gasteiger partial charge in [0, 0.05) is 6.04 Å². The van der Waals surface area contributed by atoms with Crippen LogP contribution in [0.15, 0.2) is 41.8 Å². The number of thiophene rings is 1. The van der Waals surface area contributed by atoms with E-state index in [4.69, 9.17) is 5.10 Å². The first-order chi connectivity index (χ1) is 11.6. The van der Waals surface area contributed by atoms with Gasteiger partial charge in [-0.2, -0.15) is 5.10 Å². The third-order valence-corrected chi connectivity index (χ3v) is 5.10. The molecule has 4 rings (SSSR count). The maximum atomic E-state index is 12.7. The van der Waals surface area contributed by atoms with Gasteiger partial charge < -0.3 is 5.32 Å². The van der Waals surface area contributed by atoms with Gasteiger partial charge in [-0.3, -0.25) is 4.79 Å². The second-order valence-corrected chi connectivity index (χ2v) is 7.29. The summed E-state index contributed by atoms with van der Waals surface area (Å²) in [6, 6.07) is 12.4. The Labute approximate surface area is 145 Å². The topological polar surface area (TPSA) is 46.9 Å². The van der Waals surface area contributed by atoms with Gasteiger partial charge in [-0.25, -0.2) is 4.68 Å². The molecule has 1 aliphatic carbocycles. The predicted molar refractivity (Wildman–Crippen MR) is 96.8 cm³/mol. The van der Waals surface area contributed by atoms with Crippen LogP contribution in [0.1, 0.15) is 34.5 Å². The highest BCUT2D eigenvalue weighted by Gasteiger charge is 2.26. The van der Waals surface area contributed by atoms with Crippen LogP contribution in [0, 0.1) is 13.8 Å². The summed E-state index contributed by atoms with van der Waals surface area (Å²) in [4.78, 5) is 13.8. The Kier molecular flexibility index (Phi) is 3.73. The minimum absolute atomic E-state index is 0.0484. The molecule has 0 saturated heterocycles.